The van der Waals surface area contributed by atoms with Crippen molar-refractivity contribution < 1.29 is 9.90 Å². The summed E-state index contributed by atoms with van der Waals surface area (Å²) in [7, 11) is 0. The van der Waals surface area contributed by atoms with Gasteiger partial charge in [-0.2, -0.15) is 4.98 Å². The van der Waals surface area contributed by atoms with Gasteiger partial charge >= 0.3 is 0 Å². The Labute approximate surface area is 131 Å². The summed E-state index contributed by atoms with van der Waals surface area (Å²) in [4.78, 5) is 30.1. The lowest BCUT2D eigenvalue weighted by Crippen LogP contribution is -2.25. The number of carbonyl (C=O) groups is 1. The van der Waals surface area contributed by atoms with Crippen LogP contribution in [0.15, 0.2) is 52.9 Å². The first-order valence-corrected chi connectivity index (χ1v) is 7.49. The number of nitrogens with zero attached hydrogens (tertiary/aromatic N) is 1. The van der Waals surface area contributed by atoms with Crippen LogP contribution in [0.5, 0.6) is 5.88 Å². The van der Waals surface area contributed by atoms with Gasteiger partial charge in [0.05, 0.1) is 5.75 Å². The van der Waals surface area contributed by atoms with Crippen LogP contribution in [-0.2, 0) is 4.79 Å². The van der Waals surface area contributed by atoms with E-state index in [0.29, 0.717) is 12.1 Å². The highest BCUT2D eigenvalue weighted by Crippen LogP contribution is 2.24. The van der Waals surface area contributed by atoms with Gasteiger partial charge in [-0.15, -0.1) is 6.58 Å². The molecule has 0 bridgehead atoms. The van der Waals surface area contributed by atoms with E-state index in [-0.39, 0.29) is 28.3 Å². The number of hydrogen-bond acceptors (Lipinski definition) is 5. The minimum absolute atomic E-state index is 0.0842. The van der Waals surface area contributed by atoms with E-state index in [1.165, 1.54) is 0 Å². The summed E-state index contributed by atoms with van der Waals surface area (Å²) >= 11 is 1.04. The molecule has 6 nitrogen and oxygen atoms in total. The first-order chi connectivity index (χ1) is 10.6. The van der Waals surface area contributed by atoms with Gasteiger partial charge in [0.1, 0.15) is 5.56 Å². The monoisotopic (exact) mass is 317 g/mol. The molecule has 0 spiro atoms. The summed E-state index contributed by atoms with van der Waals surface area (Å²) in [6.45, 7) is 3.87. The summed E-state index contributed by atoms with van der Waals surface area (Å²) in [6, 6.07) is 8.76. The van der Waals surface area contributed by atoms with E-state index in [0.717, 1.165) is 11.8 Å². The second kappa shape index (κ2) is 7.46. The van der Waals surface area contributed by atoms with Gasteiger partial charge < -0.3 is 15.4 Å². The van der Waals surface area contributed by atoms with Crippen molar-refractivity contribution in [2.45, 2.75) is 5.16 Å². The van der Waals surface area contributed by atoms with E-state index >= 15 is 0 Å². The lowest BCUT2D eigenvalue weighted by atomic mass is 10.1. The lowest BCUT2D eigenvalue weighted by molar-refractivity contribution is -0.118. The van der Waals surface area contributed by atoms with Crippen LogP contribution in [0.25, 0.3) is 11.1 Å². The number of aromatic hydroxyl groups is 1. The zero-order valence-electron chi connectivity index (χ0n) is 11.7. The molecule has 0 saturated carbocycles. The molecule has 0 atom stereocenters. The van der Waals surface area contributed by atoms with Gasteiger partial charge in [0, 0.05) is 6.54 Å². The number of aromatic amines is 1. The van der Waals surface area contributed by atoms with Crippen molar-refractivity contribution in [2.75, 3.05) is 12.3 Å². The third-order valence-electron chi connectivity index (χ3n) is 2.72. The Morgan fingerprint density at radius 2 is 2.14 bits per heavy atom. The van der Waals surface area contributed by atoms with Gasteiger partial charge in [-0.1, -0.05) is 48.2 Å². The van der Waals surface area contributed by atoms with E-state index < -0.39 is 5.56 Å². The largest absolute Gasteiger partial charge is 0.493 e. The average molecular weight is 317 g/mol. The number of thioether (sulfide) groups is 1. The Bertz CT molecular complexity index is 729. The maximum absolute atomic E-state index is 12.1. The van der Waals surface area contributed by atoms with Gasteiger partial charge in [-0.25, -0.2) is 0 Å². The molecule has 3 N–H and O–H groups in total. The molecule has 0 aliphatic heterocycles. The molecular formula is C15H15N3O3S. The maximum atomic E-state index is 12.1. The van der Waals surface area contributed by atoms with Crippen molar-refractivity contribution >= 4 is 17.7 Å². The Balaban J connectivity index is 2.15. The highest BCUT2D eigenvalue weighted by molar-refractivity contribution is 7.99. The molecule has 22 heavy (non-hydrogen) atoms. The van der Waals surface area contributed by atoms with Crippen LogP contribution in [0.1, 0.15) is 0 Å². The lowest BCUT2D eigenvalue weighted by Gasteiger charge is -2.06. The zero-order valence-corrected chi connectivity index (χ0v) is 12.5. The summed E-state index contributed by atoms with van der Waals surface area (Å²) < 4.78 is 0. The Morgan fingerprint density at radius 1 is 1.41 bits per heavy atom. The van der Waals surface area contributed by atoms with Gasteiger partial charge in [0.25, 0.3) is 5.56 Å². The average Bonchev–Trinajstić information content (AvgIpc) is 2.51. The van der Waals surface area contributed by atoms with E-state index in [1.54, 1.807) is 30.3 Å². The third-order valence-corrected chi connectivity index (χ3v) is 3.60. The SMILES string of the molecule is C=CCNC(=O)CSc1nc(O)c(-c2ccccc2)c(=O)[nH]1. The van der Waals surface area contributed by atoms with Gasteiger partial charge in [-0.3, -0.25) is 9.59 Å². The quantitative estimate of drug-likeness (QED) is 0.427. The van der Waals surface area contributed by atoms with Crippen molar-refractivity contribution in [3.05, 3.63) is 53.3 Å². The molecule has 114 valence electrons. The standard InChI is InChI=1S/C15H15N3O3S/c1-2-8-16-11(19)9-22-15-17-13(20)12(14(21)18-15)10-6-4-3-5-7-10/h2-7H,1,8-9H2,(H,16,19)(H2,17,18,20,21). The highest BCUT2D eigenvalue weighted by atomic mass is 32.2. The fourth-order valence-electron chi connectivity index (χ4n) is 1.75. The molecule has 1 heterocycles. The molecule has 0 saturated heterocycles. The molecule has 0 fully saturated rings. The van der Waals surface area contributed by atoms with Crippen LogP contribution in [0.4, 0.5) is 0 Å². The number of hydrogen-bond donors (Lipinski definition) is 3. The molecule has 0 radical (unpaired) electrons. The van der Waals surface area contributed by atoms with E-state index in [2.05, 4.69) is 21.9 Å². The van der Waals surface area contributed by atoms with Crippen LogP contribution < -0.4 is 10.9 Å². The first-order valence-electron chi connectivity index (χ1n) is 6.51. The van der Waals surface area contributed by atoms with Crippen molar-refractivity contribution in [2.24, 2.45) is 0 Å². The second-order valence-electron chi connectivity index (χ2n) is 4.32. The summed E-state index contributed by atoms with van der Waals surface area (Å²) in [5.41, 5.74) is 0.239. The van der Waals surface area contributed by atoms with Crippen molar-refractivity contribution in [3.63, 3.8) is 0 Å². The van der Waals surface area contributed by atoms with Crippen LogP contribution in [-0.4, -0.2) is 33.3 Å². The van der Waals surface area contributed by atoms with Gasteiger partial charge in [0.2, 0.25) is 11.8 Å². The fourth-order valence-corrected chi connectivity index (χ4v) is 2.43. The minimum atomic E-state index is -0.451. The molecule has 2 aromatic rings. The van der Waals surface area contributed by atoms with E-state index in [1.807, 2.05) is 6.07 Å². The smallest absolute Gasteiger partial charge is 0.263 e. The number of benzene rings is 1. The van der Waals surface area contributed by atoms with Crippen LogP contribution in [0.2, 0.25) is 0 Å². The number of nitrogens with one attached hydrogen (secondary N) is 2. The molecular weight excluding hydrogens is 302 g/mol. The normalized spacial score (nSPS) is 10.2. The molecule has 0 unspecified atom stereocenters. The Morgan fingerprint density at radius 3 is 2.77 bits per heavy atom. The number of H-pyrrole nitrogens is 1. The van der Waals surface area contributed by atoms with E-state index in [9.17, 15) is 14.7 Å². The van der Waals surface area contributed by atoms with Crippen molar-refractivity contribution in [1.29, 1.82) is 0 Å². The highest BCUT2D eigenvalue weighted by Gasteiger charge is 2.13. The summed E-state index contributed by atoms with van der Waals surface area (Å²) in [5, 5.41) is 12.8. The molecule has 0 aliphatic carbocycles. The first kappa shape index (κ1) is 15.8. The van der Waals surface area contributed by atoms with Crippen LogP contribution in [0.3, 0.4) is 0 Å². The van der Waals surface area contributed by atoms with Crippen molar-refractivity contribution in [3.8, 4) is 17.0 Å². The van der Waals surface area contributed by atoms with E-state index in [4.69, 9.17) is 0 Å². The van der Waals surface area contributed by atoms with Crippen LogP contribution >= 0.6 is 11.8 Å². The summed E-state index contributed by atoms with van der Waals surface area (Å²) in [5.74, 6) is -0.482. The Kier molecular flexibility index (Phi) is 5.37. The predicted octanol–water partition coefficient (Wildman–Crippen LogP) is 1.54. The van der Waals surface area contributed by atoms with Crippen LogP contribution in [0, 0.1) is 0 Å². The topological polar surface area (TPSA) is 95.1 Å². The number of amides is 1. The predicted molar refractivity (Wildman–Crippen MR) is 85.9 cm³/mol. The molecule has 1 amide bonds. The fraction of sp³-hybridized carbons (Fsp3) is 0.133. The summed E-state index contributed by atoms with van der Waals surface area (Å²) in [6.07, 6.45) is 1.57. The number of rotatable bonds is 6. The third kappa shape index (κ3) is 3.98. The molecule has 7 heteroatoms. The number of aromatic nitrogens is 2. The molecule has 0 aliphatic rings. The molecule has 1 aromatic heterocycles. The van der Waals surface area contributed by atoms with Gasteiger partial charge in [0.15, 0.2) is 5.16 Å². The molecule has 1 aromatic carbocycles. The Hall–Kier alpha value is -2.54. The minimum Gasteiger partial charge on any atom is -0.493 e. The van der Waals surface area contributed by atoms with Gasteiger partial charge in [-0.05, 0) is 5.56 Å². The maximum Gasteiger partial charge on any atom is 0.263 e. The number of carbonyl (C=O) groups excluding carboxylic acids is 1. The second-order valence-corrected chi connectivity index (χ2v) is 5.28. The molecule has 2 rings (SSSR count). The van der Waals surface area contributed by atoms with Crippen molar-refractivity contribution in [1.82, 2.24) is 15.3 Å². The zero-order chi connectivity index (χ0) is 15.9.